The van der Waals surface area contributed by atoms with Gasteiger partial charge in [0.15, 0.2) is 0 Å². The first-order valence-electron chi connectivity index (χ1n) is 8.47. The molecule has 24 heavy (non-hydrogen) atoms. The van der Waals surface area contributed by atoms with Gasteiger partial charge in [-0.2, -0.15) is 5.26 Å². The summed E-state index contributed by atoms with van der Waals surface area (Å²) >= 11 is 0. The van der Waals surface area contributed by atoms with Crippen LogP contribution < -0.4 is 10.1 Å². The van der Waals surface area contributed by atoms with Crippen molar-refractivity contribution in [2.75, 3.05) is 12.4 Å². The Kier molecular flexibility index (Phi) is 5.84. The van der Waals surface area contributed by atoms with Gasteiger partial charge in [0, 0.05) is 13.2 Å². The molecule has 0 aliphatic heterocycles. The zero-order valence-electron chi connectivity index (χ0n) is 14.9. The van der Waals surface area contributed by atoms with Crippen LogP contribution in [-0.2, 0) is 9.53 Å². The van der Waals surface area contributed by atoms with Crippen LogP contribution in [0.25, 0.3) is 0 Å². The minimum atomic E-state index is -0.808. The summed E-state index contributed by atoms with van der Waals surface area (Å²) in [6.45, 7) is 5.99. The van der Waals surface area contributed by atoms with E-state index in [4.69, 9.17) is 9.47 Å². The first-order chi connectivity index (χ1) is 11.4. The maximum atomic E-state index is 12.8. The van der Waals surface area contributed by atoms with Crippen LogP contribution >= 0.6 is 0 Å². The second-order valence-corrected chi connectivity index (χ2v) is 6.84. The zero-order chi connectivity index (χ0) is 17.7. The first kappa shape index (κ1) is 18.3. The molecular formula is C19H26N2O3. The SMILES string of the molecule is CO[C@]1(C(=O)Nc2ccc(OC(C)C)cc2C#N)CCC[C@@H](C)C1. The number of hydrogen-bond donors (Lipinski definition) is 1. The summed E-state index contributed by atoms with van der Waals surface area (Å²) in [7, 11) is 1.59. The summed E-state index contributed by atoms with van der Waals surface area (Å²) in [6, 6.07) is 7.25. The number of rotatable bonds is 5. The number of carbonyl (C=O) groups excluding carboxylic acids is 1. The number of nitriles is 1. The number of nitrogens with zero attached hydrogens (tertiary/aromatic N) is 1. The van der Waals surface area contributed by atoms with Gasteiger partial charge in [-0.05, 0) is 51.2 Å². The topological polar surface area (TPSA) is 71.3 Å². The minimum absolute atomic E-state index is 0.0254. The van der Waals surface area contributed by atoms with Gasteiger partial charge in [-0.1, -0.05) is 13.3 Å². The fraction of sp³-hybridized carbons (Fsp3) is 0.579. The van der Waals surface area contributed by atoms with Gasteiger partial charge in [-0.3, -0.25) is 4.79 Å². The number of hydrogen-bond acceptors (Lipinski definition) is 4. The van der Waals surface area contributed by atoms with Crippen molar-refractivity contribution in [1.29, 1.82) is 5.26 Å². The molecule has 1 aliphatic carbocycles. The normalized spacial score (nSPS) is 23.6. The summed E-state index contributed by atoms with van der Waals surface area (Å²) in [6.07, 6.45) is 3.51. The van der Waals surface area contributed by atoms with Gasteiger partial charge in [0.25, 0.3) is 5.91 Å². The largest absolute Gasteiger partial charge is 0.491 e. The fourth-order valence-corrected chi connectivity index (χ4v) is 3.29. The predicted octanol–water partition coefficient (Wildman–Crippen LogP) is 3.88. The first-order valence-corrected chi connectivity index (χ1v) is 8.47. The van der Waals surface area contributed by atoms with E-state index in [1.165, 1.54) is 0 Å². The summed E-state index contributed by atoms with van der Waals surface area (Å²) in [5.41, 5.74) is 0.0715. The van der Waals surface area contributed by atoms with Gasteiger partial charge in [0.2, 0.25) is 0 Å². The molecule has 0 saturated heterocycles. The zero-order valence-corrected chi connectivity index (χ0v) is 14.9. The Bertz CT molecular complexity index is 636. The van der Waals surface area contributed by atoms with Gasteiger partial charge in [-0.25, -0.2) is 0 Å². The van der Waals surface area contributed by atoms with Crippen molar-refractivity contribution in [3.8, 4) is 11.8 Å². The molecule has 2 rings (SSSR count). The molecule has 1 aromatic rings. The molecule has 0 spiro atoms. The lowest BCUT2D eigenvalue weighted by atomic mass is 9.78. The molecule has 2 atom stereocenters. The van der Waals surface area contributed by atoms with Crippen molar-refractivity contribution in [3.63, 3.8) is 0 Å². The monoisotopic (exact) mass is 330 g/mol. The molecule has 1 fully saturated rings. The highest BCUT2D eigenvalue weighted by Gasteiger charge is 2.42. The molecule has 5 nitrogen and oxygen atoms in total. The Morgan fingerprint density at radius 2 is 2.21 bits per heavy atom. The smallest absolute Gasteiger partial charge is 0.256 e. The Morgan fingerprint density at radius 3 is 2.79 bits per heavy atom. The number of amides is 1. The molecule has 1 N–H and O–H groups in total. The van der Waals surface area contributed by atoms with E-state index in [1.54, 1.807) is 25.3 Å². The van der Waals surface area contributed by atoms with Crippen molar-refractivity contribution >= 4 is 11.6 Å². The average molecular weight is 330 g/mol. The number of benzene rings is 1. The molecule has 1 saturated carbocycles. The molecule has 0 radical (unpaired) electrons. The van der Waals surface area contributed by atoms with Crippen LogP contribution in [0.5, 0.6) is 5.75 Å². The number of ether oxygens (including phenoxy) is 2. The third-order valence-corrected chi connectivity index (χ3v) is 4.49. The van der Waals surface area contributed by atoms with Crippen molar-refractivity contribution < 1.29 is 14.3 Å². The lowest BCUT2D eigenvalue weighted by molar-refractivity contribution is -0.143. The second kappa shape index (κ2) is 7.67. The molecule has 130 valence electrons. The molecular weight excluding hydrogens is 304 g/mol. The number of anilines is 1. The van der Waals surface area contributed by atoms with Crippen LogP contribution in [0.1, 0.15) is 52.0 Å². The summed E-state index contributed by atoms with van der Waals surface area (Å²) in [5.74, 6) is 0.888. The van der Waals surface area contributed by atoms with Crippen LogP contribution in [-0.4, -0.2) is 24.7 Å². The molecule has 0 aromatic heterocycles. The van der Waals surface area contributed by atoms with Crippen LogP contribution in [0.15, 0.2) is 18.2 Å². The highest BCUT2D eigenvalue weighted by atomic mass is 16.5. The van der Waals surface area contributed by atoms with Crippen LogP contribution in [0, 0.1) is 17.2 Å². The summed E-state index contributed by atoms with van der Waals surface area (Å²) in [4.78, 5) is 12.8. The van der Waals surface area contributed by atoms with E-state index >= 15 is 0 Å². The Balaban J connectivity index is 2.20. The van der Waals surface area contributed by atoms with E-state index in [9.17, 15) is 10.1 Å². The van der Waals surface area contributed by atoms with Gasteiger partial charge < -0.3 is 14.8 Å². The molecule has 1 aromatic carbocycles. The lowest BCUT2D eigenvalue weighted by Gasteiger charge is -2.37. The third-order valence-electron chi connectivity index (χ3n) is 4.49. The minimum Gasteiger partial charge on any atom is -0.491 e. The number of carbonyl (C=O) groups is 1. The van der Waals surface area contributed by atoms with Crippen molar-refractivity contribution in [3.05, 3.63) is 23.8 Å². The molecule has 1 aliphatic rings. The second-order valence-electron chi connectivity index (χ2n) is 6.84. The summed E-state index contributed by atoms with van der Waals surface area (Å²) < 4.78 is 11.2. The van der Waals surface area contributed by atoms with E-state index in [0.717, 1.165) is 12.8 Å². The summed E-state index contributed by atoms with van der Waals surface area (Å²) in [5, 5.41) is 12.3. The predicted molar refractivity (Wildman–Crippen MR) is 92.9 cm³/mol. The Labute approximate surface area is 144 Å². The Hall–Kier alpha value is -2.06. The highest BCUT2D eigenvalue weighted by Crippen LogP contribution is 2.36. The van der Waals surface area contributed by atoms with Gasteiger partial charge in [-0.15, -0.1) is 0 Å². The Morgan fingerprint density at radius 1 is 1.46 bits per heavy atom. The third kappa shape index (κ3) is 4.07. The van der Waals surface area contributed by atoms with Crippen LogP contribution in [0.2, 0.25) is 0 Å². The van der Waals surface area contributed by atoms with Gasteiger partial charge in [0.1, 0.15) is 17.4 Å². The van der Waals surface area contributed by atoms with Crippen LogP contribution in [0.3, 0.4) is 0 Å². The molecule has 0 bridgehead atoms. The average Bonchev–Trinajstić information content (AvgIpc) is 2.55. The molecule has 5 heteroatoms. The molecule has 1 amide bonds. The van der Waals surface area contributed by atoms with Gasteiger partial charge in [0.05, 0.1) is 17.4 Å². The quantitative estimate of drug-likeness (QED) is 0.889. The van der Waals surface area contributed by atoms with E-state index in [0.29, 0.717) is 35.8 Å². The van der Waals surface area contributed by atoms with E-state index in [2.05, 4.69) is 18.3 Å². The number of nitrogens with one attached hydrogen (secondary N) is 1. The van der Waals surface area contributed by atoms with Crippen molar-refractivity contribution in [1.82, 2.24) is 0 Å². The van der Waals surface area contributed by atoms with Crippen molar-refractivity contribution in [2.24, 2.45) is 5.92 Å². The molecule has 0 unspecified atom stereocenters. The fourth-order valence-electron chi connectivity index (χ4n) is 3.29. The van der Waals surface area contributed by atoms with Crippen molar-refractivity contribution in [2.45, 2.75) is 58.2 Å². The standard InChI is InChI=1S/C19H26N2O3/c1-13(2)24-16-7-8-17(15(10-16)12-20)21-18(22)19(23-4)9-5-6-14(3)11-19/h7-8,10,13-14H,5-6,9,11H2,1-4H3,(H,21,22)/t14-,19-/m1/s1. The maximum absolute atomic E-state index is 12.8. The van der Waals surface area contributed by atoms with E-state index in [-0.39, 0.29) is 12.0 Å². The lowest BCUT2D eigenvalue weighted by Crippen LogP contribution is -2.48. The van der Waals surface area contributed by atoms with Gasteiger partial charge >= 0.3 is 0 Å². The van der Waals surface area contributed by atoms with E-state index < -0.39 is 5.60 Å². The number of methoxy groups -OCH3 is 1. The van der Waals surface area contributed by atoms with Crippen LogP contribution in [0.4, 0.5) is 5.69 Å². The van der Waals surface area contributed by atoms with E-state index in [1.807, 2.05) is 13.8 Å². The molecule has 0 heterocycles. The maximum Gasteiger partial charge on any atom is 0.256 e. The highest BCUT2D eigenvalue weighted by molar-refractivity contribution is 5.98.